The minimum Gasteiger partial charge on any atom is -0.507 e. The van der Waals surface area contributed by atoms with Gasteiger partial charge in [-0.2, -0.15) is 0 Å². The Bertz CT molecular complexity index is 652. The van der Waals surface area contributed by atoms with E-state index in [2.05, 4.69) is 0 Å². The third kappa shape index (κ3) is 2.71. The molecule has 2 aromatic carbocycles. The number of non-ortho nitro benzene ring substituents is 1. The molecular weight excluding hydrogens is 270 g/mol. The van der Waals surface area contributed by atoms with E-state index in [9.17, 15) is 20.0 Å². The number of carbonyl (C=O) groups excluding carboxylic acids is 1. The van der Waals surface area contributed by atoms with Crippen LogP contribution in [0.3, 0.4) is 0 Å². The van der Waals surface area contributed by atoms with Crippen LogP contribution in [0.2, 0.25) is 5.02 Å². The smallest absolute Gasteiger partial charge is 0.269 e. The second-order valence-electron chi connectivity index (χ2n) is 3.79. The molecule has 96 valence electrons. The van der Waals surface area contributed by atoms with Crippen LogP contribution in [0.5, 0.6) is 5.75 Å². The number of phenolic OH excluding ortho intramolecular Hbond substituents is 1. The van der Waals surface area contributed by atoms with Crippen LogP contribution in [0.15, 0.2) is 42.5 Å². The van der Waals surface area contributed by atoms with E-state index in [1.807, 2.05) is 0 Å². The van der Waals surface area contributed by atoms with Crippen LogP contribution in [0, 0.1) is 10.1 Å². The molecule has 2 rings (SSSR count). The van der Waals surface area contributed by atoms with E-state index in [0.717, 1.165) is 0 Å². The summed E-state index contributed by atoms with van der Waals surface area (Å²) in [5.74, 6) is -0.636. The van der Waals surface area contributed by atoms with Crippen molar-refractivity contribution >= 4 is 23.1 Å². The van der Waals surface area contributed by atoms with Crippen LogP contribution < -0.4 is 0 Å². The van der Waals surface area contributed by atoms with Gasteiger partial charge in [-0.25, -0.2) is 0 Å². The standard InChI is InChI=1S/C13H8ClNO4/c14-9-3-6-12(16)11(7-9)13(17)8-1-4-10(5-2-8)15(18)19/h1-7,16H. The molecule has 0 aliphatic rings. The molecule has 0 saturated carbocycles. The highest BCUT2D eigenvalue weighted by Crippen LogP contribution is 2.24. The highest BCUT2D eigenvalue weighted by atomic mass is 35.5. The van der Waals surface area contributed by atoms with Crippen molar-refractivity contribution in [1.82, 2.24) is 0 Å². The van der Waals surface area contributed by atoms with E-state index in [-0.39, 0.29) is 22.6 Å². The van der Waals surface area contributed by atoms with E-state index in [1.165, 1.54) is 42.5 Å². The van der Waals surface area contributed by atoms with Crippen molar-refractivity contribution in [3.05, 3.63) is 68.7 Å². The van der Waals surface area contributed by atoms with Gasteiger partial charge in [-0.3, -0.25) is 14.9 Å². The SMILES string of the molecule is O=C(c1ccc([N+](=O)[O-])cc1)c1cc(Cl)ccc1O. The number of hydrogen-bond acceptors (Lipinski definition) is 4. The first-order chi connectivity index (χ1) is 8.99. The highest BCUT2D eigenvalue weighted by Gasteiger charge is 2.15. The number of halogens is 1. The van der Waals surface area contributed by atoms with Crippen molar-refractivity contribution in [2.75, 3.05) is 0 Å². The zero-order valence-corrected chi connectivity index (χ0v) is 10.3. The van der Waals surface area contributed by atoms with Gasteiger partial charge in [0, 0.05) is 22.7 Å². The number of ketones is 1. The van der Waals surface area contributed by atoms with Gasteiger partial charge in [0.05, 0.1) is 10.5 Å². The van der Waals surface area contributed by atoms with Crippen molar-refractivity contribution in [1.29, 1.82) is 0 Å². The van der Waals surface area contributed by atoms with Gasteiger partial charge in [-0.15, -0.1) is 0 Å². The van der Waals surface area contributed by atoms with Crippen LogP contribution in [-0.2, 0) is 0 Å². The lowest BCUT2D eigenvalue weighted by Gasteiger charge is -2.04. The average Bonchev–Trinajstić information content (AvgIpc) is 2.41. The molecule has 0 aromatic heterocycles. The largest absolute Gasteiger partial charge is 0.507 e. The molecule has 0 aliphatic carbocycles. The number of phenols is 1. The van der Waals surface area contributed by atoms with Gasteiger partial charge in [0.2, 0.25) is 0 Å². The first-order valence-corrected chi connectivity index (χ1v) is 5.64. The van der Waals surface area contributed by atoms with E-state index in [4.69, 9.17) is 11.6 Å². The van der Waals surface area contributed by atoms with Crippen molar-refractivity contribution < 1.29 is 14.8 Å². The quantitative estimate of drug-likeness (QED) is 0.531. The molecule has 1 N–H and O–H groups in total. The van der Waals surface area contributed by atoms with E-state index in [1.54, 1.807) is 0 Å². The first kappa shape index (κ1) is 13.0. The lowest BCUT2D eigenvalue weighted by atomic mass is 10.0. The molecule has 0 spiro atoms. The number of rotatable bonds is 3. The summed E-state index contributed by atoms with van der Waals surface area (Å²) in [5.41, 5.74) is 0.191. The minimum absolute atomic E-state index is 0.0568. The number of hydrogen-bond donors (Lipinski definition) is 1. The Labute approximate surface area is 113 Å². The number of aromatic hydroxyl groups is 1. The number of carbonyl (C=O) groups is 1. The van der Waals surface area contributed by atoms with Crippen molar-refractivity contribution in [2.24, 2.45) is 0 Å². The molecule has 0 saturated heterocycles. The van der Waals surface area contributed by atoms with E-state index < -0.39 is 10.7 Å². The third-order valence-corrected chi connectivity index (χ3v) is 2.78. The monoisotopic (exact) mass is 277 g/mol. The first-order valence-electron chi connectivity index (χ1n) is 5.26. The lowest BCUT2D eigenvalue weighted by Crippen LogP contribution is -2.02. The highest BCUT2D eigenvalue weighted by molar-refractivity contribution is 6.31. The summed E-state index contributed by atoms with van der Waals surface area (Å²) in [6, 6.07) is 9.26. The Balaban J connectivity index is 2.38. The van der Waals surface area contributed by atoms with Gasteiger partial charge < -0.3 is 5.11 Å². The van der Waals surface area contributed by atoms with Gasteiger partial charge in [0.15, 0.2) is 5.78 Å². The molecule has 2 aromatic rings. The van der Waals surface area contributed by atoms with Gasteiger partial charge in [0.1, 0.15) is 5.75 Å². The molecule has 0 fully saturated rings. The third-order valence-electron chi connectivity index (χ3n) is 2.54. The van der Waals surface area contributed by atoms with Crippen LogP contribution in [0.1, 0.15) is 15.9 Å². The van der Waals surface area contributed by atoms with Crippen molar-refractivity contribution in [3.63, 3.8) is 0 Å². The maximum atomic E-state index is 12.1. The second kappa shape index (κ2) is 5.07. The molecule has 0 radical (unpaired) electrons. The summed E-state index contributed by atoms with van der Waals surface area (Å²) in [5, 5.41) is 20.5. The minimum atomic E-state index is -0.550. The van der Waals surface area contributed by atoms with Crippen LogP contribution in [0.25, 0.3) is 0 Å². The molecule has 0 atom stereocenters. The Morgan fingerprint density at radius 3 is 2.37 bits per heavy atom. The number of benzene rings is 2. The average molecular weight is 278 g/mol. The number of nitro groups is 1. The fraction of sp³-hybridized carbons (Fsp3) is 0. The summed E-state index contributed by atoms with van der Waals surface area (Å²) in [4.78, 5) is 22.1. The molecule has 0 unspecified atom stereocenters. The van der Waals surface area contributed by atoms with E-state index >= 15 is 0 Å². The lowest BCUT2D eigenvalue weighted by molar-refractivity contribution is -0.384. The summed E-state index contributed by atoms with van der Waals surface area (Å²) in [7, 11) is 0. The van der Waals surface area contributed by atoms with Gasteiger partial charge in [-0.05, 0) is 30.3 Å². The zero-order valence-electron chi connectivity index (χ0n) is 9.54. The predicted molar refractivity (Wildman–Crippen MR) is 69.6 cm³/mol. The summed E-state index contributed by atoms with van der Waals surface area (Å²) < 4.78 is 0. The Kier molecular flexibility index (Phi) is 3.48. The topological polar surface area (TPSA) is 80.4 Å². The van der Waals surface area contributed by atoms with E-state index in [0.29, 0.717) is 5.02 Å². The second-order valence-corrected chi connectivity index (χ2v) is 4.23. The fourth-order valence-electron chi connectivity index (χ4n) is 1.58. The number of nitrogens with zero attached hydrogens (tertiary/aromatic N) is 1. The summed E-state index contributed by atoms with van der Waals surface area (Å²) >= 11 is 5.76. The normalized spacial score (nSPS) is 10.2. The van der Waals surface area contributed by atoms with Crippen molar-refractivity contribution in [2.45, 2.75) is 0 Å². The predicted octanol–water partition coefficient (Wildman–Crippen LogP) is 3.18. The molecule has 5 nitrogen and oxygen atoms in total. The summed E-state index contributed by atoms with van der Waals surface area (Å²) in [6.45, 7) is 0. The fourth-order valence-corrected chi connectivity index (χ4v) is 1.75. The van der Waals surface area contributed by atoms with Crippen LogP contribution >= 0.6 is 11.6 Å². The van der Waals surface area contributed by atoms with Crippen molar-refractivity contribution in [3.8, 4) is 5.75 Å². The number of nitro benzene ring substituents is 1. The Hall–Kier alpha value is -2.40. The maximum absolute atomic E-state index is 12.1. The van der Waals surface area contributed by atoms with Crippen LogP contribution in [0.4, 0.5) is 5.69 Å². The van der Waals surface area contributed by atoms with Gasteiger partial charge >= 0.3 is 0 Å². The Morgan fingerprint density at radius 2 is 1.79 bits per heavy atom. The molecule has 0 aliphatic heterocycles. The maximum Gasteiger partial charge on any atom is 0.269 e. The molecule has 19 heavy (non-hydrogen) atoms. The zero-order chi connectivity index (χ0) is 14.0. The molecule has 0 amide bonds. The molecule has 0 bridgehead atoms. The van der Waals surface area contributed by atoms with Crippen LogP contribution in [-0.4, -0.2) is 15.8 Å². The van der Waals surface area contributed by atoms with Gasteiger partial charge in [-0.1, -0.05) is 11.6 Å². The molecule has 0 heterocycles. The van der Waals surface area contributed by atoms with Gasteiger partial charge in [0.25, 0.3) is 5.69 Å². The Morgan fingerprint density at radius 1 is 1.16 bits per heavy atom. The molecular formula is C13H8ClNO4. The molecule has 6 heteroatoms. The summed E-state index contributed by atoms with van der Waals surface area (Å²) in [6.07, 6.45) is 0.